The first-order chi connectivity index (χ1) is 20.7. The third-order valence-electron chi connectivity index (χ3n) is 8.43. The Kier molecular flexibility index (Phi) is 8.60. The van der Waals surface area contributed by atoms with E-state index in [-0.39, 0.29) is 43.1 Å². The summed E-state index contributed by atoms with van der Waals surface area (Å²) < 4.78 is 51.1. The minimum absolute atomic E-state index is 0.0381. The monoisotopic (exact) mass is 633 g/mol. The van der Waals surface area contributed by atoms with Gasteiger partial charge in [0.15, 0.2) is 10.8 Å². The second-order valence-corrected chi connectivity index (χ2v) is 12.8. The first-order valence-corrected chi connectivity index (χ1v) is 15.1. The van der Waals surface area contributed by atoms with E-state index in [1.807, 2.05) is 0 Å². The molecule has 2 saturated heterocycles. The Morgan fingerprint density at radius 1 is 1.30 bits per heavy atom. The molecule has 2 unspecified atom stereocenters. The highest BCUT2D eigenvalue weighted by Crippen LogP contribution is 2.44. The molecule has 0 spiro atoms. The lowest BCUT2D eigenvalue weighted by atomic mass is 9.86. The molecule has 44 heavy (non-hydrogen) atoms. The molecule has 0 bridgehead atoms. The molecule has 1 amide bonds. The topological polar surface area (TPSA) is 124 Å². The second-order valence-electron chi connectivity index (χ2n) is 11.9. The van der Waals surface area contributed by atoms with Crippen LogP contribution in [0.3, 0.4) is 0 Å². The van der Waals surface area contributed by atoms with E-state index in [4.69, 9.17) is 9.73 Å². The van der Waals surface area contributed by atoms with Crippen molar-refractivity contribution in [1.29, 1.82) is 0 Å². The van der Waals surface area contributed by atoms with Crippen LogP contribution in [-0.2, 0) is 19.1 Å². The number of nitrogens with one attached hydrogen (secondary N) is 1. The number of fused-ring (bicyclic) bond motifs is 1. The van der Waals surface area contributed by atoms with Crippen molar-refractivity contribution in [2.75, 3.05) is 32.8 Å². The van der Waals surface area contributed by atoms with Crippen LogP contribution in [0.4, 0.5) is 13.2 Å². The number of aliphatic imine (C=N–C) groups is 1. The summed E-state index contributed by atoms with van der Waals surface area (Å²) in [6.07, 6.45) is 1.15. The predicted octanol–water partition coefficient (Wildman–Crippen LogP) is 3.78. The van der Waals surface area contributed by atoms with Gasteiger partial charge >= 0.3 is 11.9 Å². The molecular weight excluding hydrogens is 599 g/mol. The van der Waals surface area contributed by atoms with Crippen LogP contribution in [0.5, 0.6) is 0 Å². The number of hydrogen-bond acceptors (Lipinski definition) is 9. The summed E-state index contributed by atoms with van der Waals surface area (Å²) in [5.74, 6) is -7.05. The number of likely N-dealkylation sites (tertiary alicyclic amines) is 2. The molecule has 2 fully saturated rings. The molecule has 14 heteroatoms. The molecule has 0 aliphatic carbocycles. The van der Waals surface area contributed by atoms with Crippen LogP contribution in [0.2, 0.25) is 0 Å². The van der Waals surface area contributed by atoms with Crippen LogP contribution in [0.1, 0.15) is 49.4 Å². The molecule has 1 aromatic heterocycles. The van der Waals surface area contributed by atoms with Gasteiger partial charge in [-0.1, -0.05) is 12.1 Å². The number of thiazole rings is 1. The van der Waals surface area contributed by atoms with E-state index in [1.165, 1.54) is 47.1 Å². The smallest absolute Gasteiger partial charge is 0.338 e. The molecule has 2 N–H and O–H groups in total. The lowest BCUT2D eigenvalue weighted by Gasteiger charge is -2.41. The summed E-state index contributed by atoms with van der Waals surface area (Å²) in [5.41, 5.74) is -0.283. The highest BCUT2D eigenvalue weighted by atomic mass is 32.1. The summed E-state index contributed by atoms with van der Waals surface area (Å²) in [5, 5.41) is 15.0. The van der Waals surface area contributed by atoms with E-state index in [1.54, 1.807) is 31.5 Å². The molecule has 236 valence electrons. The van der Waals surface area contributed by atoms with E-state index < -0.39 is 66.0 Å². The van der Waals surface area contributed by atoms with Gasteiger partial charge in [-0.25, -0.2) is 22.9 Å². The molecule has 3 atom stereocenters. The summed E-state index contributed by atoms with van der Waals surface area (Å²) in [7, 11) is 0. The fourth-order valence-electron chi connectivity index (χ4n) is 6.05. The Morgan fingerprint density at radius 2 is 2.05 bits per heavy atom. The zero-order valence-electron chi connectivity index (χ0n) is 24.8. The standard InChI is InChI=1S/C30H34F3N5O5S/c1-5-43-27(40)23-20(35-25(26-34-9-10-44-26)36-24(23)17-7-6-8-19(31)16(17)2)12-37-15-30(32,33)18-11-22(39)38(13-21(18)37)14-29(3,4)28(41)42/h6-10,18,21,24H,5,11-15H2,1-4H3,(H,35,36)(H,41,42)/t18?,21?,24-/m0/s1. The van der Waals surface area contributed by atoms with Gasteiger partial charge in [0.25, 0.3) is 5.92 Å². The number of carboxylic acid groups (broad SMARTS) is 1. The van der Waals surface area contributed by atoms with Crippen LogP contribution in [0.15, 0.2) is 46.0 Å². The van der Waals surface area contributed by atoms with E-state index >= 15 is 8.78 Å². The van der Waals surface area contributed by atoms with Gasteiger partial charge in [-0.15, -0.1) is 11.3 Å². The molecule has 3 aliphatic heterocycles. The van der Waals surface area contributed by atoms with Gasteiger partial charge in [0.05, 0.1) is 30.1 Å². The Morgan fingerprint density at radius 3 is 2.70 bits per heavy atom. The third-order valence-corrected chi connectivity index (χ3v) is 9.21. The van der Waals surface area contributed by atoms with Crippen LogP contribution < -0.4 is 5.32 Å². The average molecular weight is 634 g/mol. The normalized spacial score (nSPS) is 23.7. The largest absolute Gasteiger partial charge is 0.481 e. The van der Waals surface area contributed by atoms with Gasteiger partial charge in [-0.05, 0) is 44.9 Å². The van der Waals surface area contributed by atoms with Crippen molar-refractivity contribution in [1.82, 2.24) is 20.1 Å². The number of rotatable bonds is 9. The van der Waals surface area contributed by atoms with E-state index in [0.717, 1.165) is 0 Å². The number of benzene rings is 1. The Balaban J connectivity index is 1.56. The molecule has 3 aliphatic rings. The van der Waals surface area contributed by atoms with Crippen LogP contribution in [-0.4, -0.2) is 88.3 Å². The molecule has 0 radical (unpaired) electrons. The van der Waals surface area contributed by atoms with E-state index in [0.29, 0.717) is 16.4 Å². The third kappa shape index (κ3) is 5.96. The lowest BCUT2D eigenvalue weighted by Crippen LogP contribution is -2.55. The first-order valence-electron chi connectivity index (χ1n) is 14.3. The Bertz CT molecular complexity index is 1530. The zero-order chi connectivity index (χ0) is 32.0. The molecule has 4 heterocycles. The van der Waals surface area contributed by atoms with Gasteiger partial charge in [0, 0.05) is 49.4 Å². The number of esters is 1. The van der Waals surface area contributed by atoms with E-state index in [2.05, 4.69) is 10.3 Å². The second kappa shape index (κ2) is 12.0. The number of carbonyl (C=O) groups is 3. The van der Waals surface area contributed by atoms with Crippen molar-refractivity contribution in [3.05, 3.63) is 63.0 Å². The summed E-state index contributed by atoms with van der Waals surface area (Å²) in [6.45, 7) is 5.13. The number of hydrogen-bond donors (Lipinski definition) is 2. The van der Waals surface area contributed by atoms with Gasteiger partial charge in [0.2, 0.25) is 5.91 Å². The Labute approximate surface area is 256 Å². The van der Waals surface area contributed by atoms with Crippen molar-refractivity contribution >= 4 is 35.0 Å². The van der Waals surface area contributed by atoms with Crippen LogP contribution in [0, 0.1) is 24.1 Å². The molecule has 10 nitrogen and oxygen atoms in total. The highest BCUT2D eigenvalue weighted by Gasteiger charge is 2.58. The number of aromatic nitrogens is 1. The SMILES string of the molecule is CCOC(=O)C1=C(CN2CC(F)(F)C3CC(=O)N(CC(C)(C)C(=O)O)CC32)NC(c2nccs2)=N[C@H]1c1cccc(F)c1C. The van der Waals surface area contributed by atoms with Crippen molar-refractivity contribution in [3.63, 3.8) is 0 Å². The van der Waals surface area contributed by atoms with E-state index in [9.17, 15) is 23.9 Å². The minimum Gasteiger partial charge on any atom is -0.481 e. The van der Waals surface area contributed by atoms with Crippen molar-refractivity contribution in [2.24, 2.45) is 16.3 Å². The van der Waals surface area contributed by atoms with Gasteiger partial charge in [-0.3, -0.25) is 19.5 Å². The zero-order valence-corrected chi connectivity index (χ0v) is 25.6. The number of carbonyl (C=O) groups excluding carboxylic acids is 2. The average Bonchev–Trinajstić information content (AvgIpc) is 3.57. The van der Waals surface area contributed by atoms with Gasteiger partial charge < -0.3 is 20.1 Å². The van der Waals surface area contributed by atoms with Gasteiger partial charge in [0.1, 0.15) is 11.9 Å². The fourth-order valence-corrected chi connectivity index (χ4v) is 6.64. The fraction of sp³-hybridized carbons (Fsp3) is 0.500. The summed E-state index contributed by atoms with van der Waals surface area (Å²) in [4.78, 5) is 50.1. The minimum atomic E-state index is -3.21. The molecule has 1 aromatic carbocycles. The number of alkyl halides is 2. The number of piperidine rings is 1. The molecule has 2 aromatic rings. The van der Waals surface area contributed by atoms with Crippen molar-refractivity contribution in [3.8, 4) is 0 Å². The van der Waals surface area contributed by atoms with Crippen LogP contribution >= 0.6 is 11.3 Å². The molecule has 5 rings (SSSR count). The maximum atomic E-state index is 15.5. The van der Waals surface area contributed by atoms with Crippen molar-refractivity contribution in [2.45, 2.75) is 52.1 Å². The van der Waals surface area contributed by atoms with Gasteiger partial charge in [-0.2, -0.15) is 0 Å². The first kappa shape index (κ1) is 31.6. The summed E-state index contributed by atoms with van der Waals surface area (Å²) >= 11 is 1.28. The number of amides is 1. The Hall–Kier alpha value is -3.78. The number of carboxylic acids is 1. The number of aliphatic carboxylic acids is 1. The van der Waals surface area contributed by atoms with Crippen molar-refractivity contribution < 1.29 is 37.4 Å². The number of nitrogens with zero attached hydrogens (tertiary/aromatic N) is 4. The number of amidine groups is 1. The quantitative estimate of drug-likeness (QED) is 0.400. The number of ether oxygens (including phenoxy) is 1. The predicted molar refractivity (Wildman–Crippen MR) is 156 cm³/mol. The molecule has 0 saturated carbocycles. The lowest BCUT2D eigenvalue weighted by molar-refractivity contribution is -0.152. The number of halogens is 3. The highest BCUT2D eigenvalue weighted by molar-refractivity contribution is 7.11. The maximum Gasteiger partial charge on any atom is 0.338 e. The maximum absolute atomic E-state index is 15.5. The molecular formula is C30H34F3N5O5S. The van der Waals surface area contributed by atoms with Crippen LogP contribution in [0.25, 0.3) is 0 Å². The summed E-state index contributed by atoms with van der Waals surface area (Å²) in [6, 6.07) is 2.64.